The molecule has 0 aromatic carbocycles. The average Bonchev–Trinajstić information content (AvgIpc) is 3.43. The van der Waals surface area contributed by atoms with Crippen molar-refractivity contribution in [2.45, 2.75) is 309 Å². The third-order valence-corrected chi connectivity index (χ3v) is 13.8. The van der Waals surface area contributed by atoms with E-state index in [0.717, 1.165) is 103 Å². The van der Waals surface area contributed by atoms with Gasteiger partial charge in [0.2, 0.25) is 0 Å². The molecule has 0 aliphatic heterocycles. The lowest BCUT2D eigenvalue weighted by atomic mass is 10.0. The third kappa shape index (κ3) is 62.8. The van der Waals surface area contributed by atoms with E-state index in [2.05, 4.69) is 130 Å². The fraction of sp³-hybridized carbons (Fsp3) is 0.704. The van der Waals surface area contributed by atoms with Gasteiger partial charge < -0.3 is 14.2 Å². The van der Waals surface area contributed by atoms with Crippen molar-refractivity contribution in [2.24, 2.45) is 0 Å². The van der Waals surface area contributed by atoms with Gasteiger partial charge in [-0.15, -0.1) is 0 Å². The zero-order valence-corrected chi connectivity index (χ0v) is 50.4. The van der Waals surface area contributed by atoms with Crippen molar-refractivity contribution in [2.75, 3.05) is 13.2 Å². The van der Waals surface area contributed by atoms with E-state index in [1.54, 1.807) is 0 Å². The number of allylic oxidation sites excluding steroid dienone is 18. The summed E-state index contributed by atoms with van der Waals surface area (Å²) in [4.78, 5) is 38.2. The number of rotatable bonds is 58. The molecule has 0 radical (unpaired) electrons. The number of hydrogen-bond acceptors (Lipinski definition) is 6. The minimum Gasteiger partial charge on any atom is -0.462 e. The molecule has 0 aliphatic rings. The Balaban J connectivity index is 4.24. The number of carbonyl (C=O) groups excluding carboxylic acids is 3. The lowest BCUT2D eigenvalue weighted by Gasteiger charge is -2.18. The molecular formula is C71H120O6. The van der Waals surface area contributed by atoms with Crippen LogP contribution in [0.15, 0.2) is 109 Å². The lowest BCUT2D eigenvalue weighted by molar-refractivity contribution is -0.167. The summed E-state index contributed by atoms with van der Waals surface area (Å²) in [7, 11) is 0. The molecule has 440 valence electrons. The molecular weight excluding hydrogens is 949 g/mol. The Bertz CT molecular complexity index is 1560. The topological polar surface area (TPSA) is 78.9 Å². The average molecular weight is 1070 g/mol. The summed E-state index contributed by atoms with van der Waals surface area (Å²) in [6.45, 7) is 6.47. The lowest BCUT2D eigenvalue weighted by Crippen LogP contribution is -2.30. The van der Waals surface area contributed by atoms with E-state index in [0.29, 0.717) is 19.3 Å². The highest BCUT2D eigenvalue weighted by molar-refractivity contribution is 5.71. The van der Waals surface area contributed by atoms with Crippen LogP contribution in [0, 0.1) is 0 Å². The zero-order chi connectivity index (χ0) is 55.7. The summed E-state index contributed by atoms with van der Waals surface area (Å²) in [5, 5.41) is 0. The van der Waals surface area contributed by atoms with Crippen molar-refractivity contribution in [3.8, 4) is 0 Å². The first-order chi connectivity index (χ1) is 38.0. The van der Waals surface area contributed by atoms with Crippen LogP contribution in [-0.2, 0) is 28.6 Å². The molecule has 0 aromatic rings. The highest BCUT2D eigenvalue weighted by Crippen LogP contribution is 2.16. The van der Waals surface area contributed by atoms with E-state index >= 15 is 0 Å². The van der Waals surface area contributed by atoms with E-state index < -0.39 is 6.10 Å². The number of ether oxygens (including phenoxy) is 3. The van der Waals surface area contributed by atoms with Crippen molar-refractivity contribution in [1.82, 2.24) is 0 Å². The molecule has 0 saturated heterocycles. The van der Waals surface area contributed by atoms with Crippen LogP contribution in [-0.4, -0.2) is 37.2 Å². The second kappa shape index (κ2) is 64.6. The maximum Gasteiger partial charge on any atom is 0.306 e. The first kappa shape index (κ1) is 73.1. The zero-order valence-electron chi connectivity index (χ0n) is 50.4. The van der Waals surface area contributed by atoms with Crippen LogP contribution in [0.5, 0.6) is 0 Å². The van der Waals surface area contributed by atoms with Gasteiger partial charge in [0.15, 0.2) is 6.10 Å². The molecule has 0 amide bonds. The first-order valence-electron chi connectivity index (χ1n) is 32.4. The van der Waals surface area contributed by atoms with Gasteiger partial charge in [0.1, 0.15) is 13.2 Å². The molecule has 1 atom stereocenters. The molecule has 77 heavy (non-hydrogen) atoms. The van der Waals surface area contributed by atoms with Crippen molar-refractivity contribution < 1.29 is 28.6 Å². The van der Waals surface area contributed by atoms with E-state index in [1.165, 1.54) is 154 Å². The van der Waals surface area contributed by atoms with Crippen LogP contribution < -0.4 is 0 Å². The minimum absolute atomic E-state index is 0.0946. The summed E-state index contributed by atoms with van der Waals surface area (Å²) in [5.74, 6) is -0.936. The van der Waals surface area contributed by atoms with Crippen LogP contribution >= 0.6 is 0 Å². The SMILES string of the molecule is CC/C=C\C/C=C\C/C=C\C/C=C\C/C=C\C/C=C\CCCCC(=O)OC(COC(=O)CCCCCCCCCCC)COC(=O)CCCCCCCCCCCCCCCC/C=C\C/C=C\C/C=C\CCCCCCC. The fourth-order valence-corrected chi connectivity index (χ4v) is 8.92. The van der Waals surface area contributed by atoms with Gasteiger partial charge in [-0.25, -0.2) is 0 Å². The Morgan fingerprint density at radius 2 is 0.506 bits per heavy atom. The molecule has 0 N–H and O–H groups in total. The predicted octanol–water partition coefficient (Wildman–Crippen LogP) is 22.2. The van der Waals surface area contributed by atoms with Gasteiger partial charge in [-0.3, -0.25) is 14.4 Å². The third-order valence-electron chi connectivity index (χ3n) is 13.8. The van der Waals surface area contributed by atoms with Crippen LogP contribution in [0.2, 0.25) is 0 Å². The molecule has 6 heteroatoms. The Hall–Kier alpha value is -3.93. The maximum atomic E-state index is 12.9. The molecule has 0 aromatic heterocycles. The normalized spacial score (nSPS) is 12.8. The summed E-state index contributed by atoms with van der Waals surface area (Å²) >= 11 is 0. The van der Waals surface area contributed by atoms with Crippen molar-refractivity contribution in [1.29, 1.82) is 0 Å². The smallest absolute Gasteiger partial charge is 0.306 e. The highest BCUT2D eigenvalue weighted by atomic mass is 16.6. The van der Waals surface area contributed by atoms with Crippen LogP contribution in [0.1, 0.15) is 303 Å². The molecule has 0 rings (SSSR count). The highest BCUT2D eigenvalue weighted by Gasteiger charge is 2.19. The number of carbonyl (C=O) groups is 3. The summed E-state index contributed by atoms with van der Waals surface area (Å²) in [6.07, 6.45) is 88.3. The molecule has 0 saturated carbocycles. The predicted molar refractivity (Wildman–Crippen MR) is 334 cm³/mol. The van der Waals surface area contributed by atoms with Gasteiger partial charge in [-0.05, 0) is 109 Å². The Morgan fingerprint density at radius 3 is 0.818 bits per heavy atom. The summed E-state index contributed by atoms with van der Waals surface area (Å²) < 4.78 is 16.8. The van der Waals surface area contributed by atoms with E-state index in [1.807, 2.05) is 0 Å². The van der Waals surface area contributed by atoms with Crippen LogP contribution in [0.25, 0.3) is 0 Å². The first-order valence-corrected chi connectivity index (χ1v) is 32.4. The molecule has 0 heterocycles. The van der Waals surface area contributed by atoms with E-state index in [4.69, 9.17) is 14.2 Å². The monoisotopic (exact) mass is 1070 g/mol. The summed E-state index contributed by atoms with van der Waals surface area (Å²) in [5.41, 5.74) is 0. The molecule has 1 unspecified atom stereocenters. The minimum atomic E-state index is -0.801. The molecule has 0 spiro atoms. The van der Waals surface area contributed by atoms with E-state index in [9.17, 15) is 14.4 Å². The van der Waals surface area contributed by atoms with Crippen LogP contribution in [0.3, 0.4) is 0 Å². The Kier molecular flexibility index (Phi) is 61.3. The Morgan fingerprint density at radius 1 is 0.273 bits per heavy atom. The van der Waals surface area contributed by atoms with Gasteiger partial charge in [0.05, 0.1) is 0 Å². The van der Waals surface area contributed by atoms with Gasteiger partial charge >= 0.3 is 17.9 Å². The standard InChI is InChI=1S/C71H120O6/c1-4-7-10-13-16-19-21-23-25-27-29-31-32-33-34-35-36-37-38-40-41-43-45-47-49-52-55-58-61-64-70(73)76-67-68(66-75-69(72)63-60-57-54-51-18-15-12-9-6-3)77-71(74)65-62-59-56-53-50-48-46-44-42-39-30-28-26-24-22-20-17-14-11-8-5-2/h8,11,17,20-21,23-24,26-27,29-30,32-33,39,44,46,50,53,68H,4-7,9-10,12-16,18-19,22,25,28,31,34-38,40-43,45,47-49,51-52,54-67H2,1-3H3/b11-8-,20-17-,23-21-,26-24-,29-27-,33-32-,39-30-,46-44-,53-50-. The van der Waals surface area contributed by atoms with Gasteiger partial charge in [0, 0.05) is 19.3 Å². The van der Waals surface area contributed by atoms with Crippen LogP contribution in [0.4, 0.5) is 0 Å². The van der Waals surface area contributed by atoms with Gasteiger partial charge in [0.25, 0.3) is 0 Å². The molecule has 0 fully saturated rings. The number of esters is 3. The molecule has 6 nitrogen and oxygen atoms in total. The Labute approximate surface area is 476 Å². The van der Waals surface area contributed by atoms with Crippen molar-refractivity contribution in [3.05, 3.63) is 109 Å². The van der Waals surface area contributed by atoms with Crippen molar-refractivity contribution in [3.63, 3.8) is 0 Å². The molecule has 0 bridgehead atoms. The van der Waals surface area contributed by atoms with Crippen molar-refractivity contribution >= 4 is 17.9 Å². The van der Waals surface area contributed by atoms with Gasteiger partial charge in [-0.1, -0.05) is 284 Å². The molecule has 0 aliphatic carbocycles. The number of unbranched alkanes of at least 4 members (excludes halogenated alkanes) is 29. The quantitative estimate of drug-likeness (QED) is 0.0261. The largest absolute Gasteiger partial charge is 0.462 e. The maximum absolute atomic E-state index is 12.9. The second-order valence-electron chi connectivity index (χ2n) is 21.3. The summed E-state index contributed by atoms with van der Waals surface area (Å²) in [6, 6.07) is 0. The fourth-order valence-electron chi connectivity index (χ4n) is 8.92. The second-order valence-corrected chi connectivity index (χ2v) is 21.3. The van der Waals surface area contributed by atoms with E-state index in [-0.39, 0.29) is 37.5 Å². The van der Waals surface area contributed by atoms with Gasteiger partial charge in [-0.2, -0.15) is 0 Å². The number of hydrogen-bond donors (Lipinski definition) is 0.